The molecule has 0 unspecified atom stereocenters. The van der Waals surface area contributed by atoms with Crippen molar-refractivity contribution in [2.45, 2.75) is 11.3 Å². The highest BCUT2D eigenvalue weighted by atomic mass is 32.2. The summed E-state index contributed by atoms with van der Waals surface area (Å²) >= 11 is 0. The summed E-state index contributed by atoms with van der Waals surface area (Å²) in [5.74, 6) is 5.18. The van der Waals surface area contributed by atoms with E-state index < -0.39 is 23.0 Å². The van der Waals surface area contributed by atoms with E-state index in [9.17, 15) is 17.2 Å². The molecule has 0 saturated heterocycles. The second kappa shape index (κ2) is 6.56. The summed E-state index contributed by atoms with van der Waals surface area (Å²) < 4.78 is 49.0. The predicted octanol–water partition coefficient (Wildman–Crippen LogP) is 0.277. The van der Waals surface area contributed by atoms with Crippen LogP contribution in [0.5, 0.6) is 0 Å². The number of hydrogen-bond acceptors (Lipinski definition) is 4. The Morgan fingerprint density at radius 2 is 2.16 bits per heavy atom. The summed E-state index contributed by atoms with van der Waals surface area (Å²) in [5.41, 5.74) is 5.56. The van der Waals surface area contributed by atoms with E-state index in [1.165, 1.54) is 12.3 Å². The van der Waals surface area contributed by atoms with Gasteiger partial charge in [-0.15, -0.1) is 0 Å². The lowest BCUT2D eigenvalue weighted by atomic mass is 10.3. The topological polar surface area (TPSA) is 76.3 Å². The summed E-state index contributed by atoms with van der Waals surface area (Å²) in [5, 5.41) is 0. The molecule has 0 aromatic carbocycles. The van der Waals surface area contributed by atoms with Crippen molar-refractivity contribution in [1.82, 2.24) is 9.29 Å². The number of nitrogens with two attached hydrogens (primary N) is 1. The molecule has 1 rings (SSSR count). The van der Waals surface area contributed by atoms with Gasteiger partial charge in [0, 0.05) is 25.0 Å². The monoisotopic (exact) mass is 289 g/mol. The minimum atomic E-state index is -3.99. The van der Waals surface area contributed by atoms with Gasteiger partial charge in [-0.2, -0.15) is 4.31 Å². The quantitative estimate of drug-likeness (QED) is 0.808. The summed E-state index contributed by atoms with van der Waals surface area (Å²) in [7, 11) is -2.91. The Morgan fingerprint density at radius 3 is 2.74 bits per heavy atom. The molecule has 1 aromatic rings. The first-order chi connectivity index (χ1) is 8.87. The average molecular weight is 289 g/mol. The van der Waals surface area contributed by atoms with Crippen LogP contribution in [0.15, 0.2) is 23.4 Å². The van der Waals surface area contributed by atoms with Gasteiger partial charge in [-0.1, -0.05) is 11.8 Å². The zero-order valence-corrected chi connectivity index (χ0v) is 11.0. The number of alkyl halides is 2. The molecule has 0 amide bonds. The van der Waals surface area contributed by atoms with Gasteiger partial charge in [0.05, 0.1) is 13.1 Å². The van der Waals surface area contributed by atoms with Crippen molar-refractivity contribution in [2.75, 3.05) is 20.1 Å². The third kappa shape index (κ3) is 4.24. The fraction of sp³-hybridized carbons (Fsp3) is 0.364. The number of aromatic nitrogens is 1. The fourth-order valence-corrected chi connectivity index (χ4v) is 2.39. The van der Waals surface area contributed by atoms with Gasteiger partial charge in [-0.05, 0) is 6.07 Å². The fourth-order valence-electron chi connectivity index (χ4n) is 1.25. The van der Waals surface area contributed by atoms with E-state index in [0.717, 1.165) is 13.2 Å². The van der Waals surface area contributed by atoms with Gasteiger partial charge in [0.25, 0.3) is 6.43 Å². The number of hydrogen-bond donors (Lipinski definition) is 1. The number of halogens is 2. The molecule has 0 saturated carbocycles. The minimum absolute atomic E-state index is 0.127. The maximum atomic E-state index is 12.2. The lowest BCUT2D eigenvalue weighted by molar-refractivity contribution is 0.126. The van der Waals surface area contributed by atoms with E-state index in [0.29, 0.717) is 9.87 Å². The minimum Gasteiger partial charge on any atom is -0.320 e. The van der Waals surface area contributed by atoms with Crippen LogP contribution in [0.1, 0.15) is 5.56 Å². The molecule has 0 aliphatic heterocycles. The standard InChI is InChI=1S/C11H13F2N3O2S/c1-16(8-11(12)13)19(17,18)10-5-9(3-2-4-14)6-15-7-10/h5-7,11H,4,8,14H2,1H3. The van der Waals surface area contributed by atoms with Gasteiger partial charge >= 0.3 is 0 Å². The predicted molar refractivity (Wildman–Crippen MR) is 66.0 cm³/mol. The second-order valence-electron chi connectivity index (χ2n) is 3.59. The van der Waals surface area contributed by atoms with Crippen molar-refractivity contribution in [3.05, 3.63) is 24.0 Å². The molecule has 0 aliphatic rings. The van der Waals surface area contributed by atoms with Crippen molar-refractivity contribution in [3.8, 4) is 11.8 Å². The summed E-state index contributed by atoms with van der Waals surface area (Å²) in [6, 6.07) is 1.27. The van der Waals surface area contributed by atoms with Gasteiger partial charge in [0.2, 0.25) is 10.0 Å². The molecular weight excluding hydrogens is 276 g/mol. The molecular formula is C11H13F2N3O2S. The third-order valence-corrected chi connectivity index (χ3v) is 3.94. The van der Waals surface area contributed by atoms with E-state index in [2.05, 4.69) is 16.8 Å². The zero-order valence-electron chi connectivity index (χ0n) is 10.2. The van der Waals surface area contributed by atoms with Crippen LogP contribution in [0.4, 0.5) is 8.78 Å². The number of rotatable bonds is 4. The van der Waals surface area contributed by atoms with E-state index >= 15 is 0 Å². The smallest absolute Gasteiger partial charge is 0.252 e. The molecule has 0 atom stereocenters. The van der Waals surface area contributed by atoms with Crippen LogP contribution in [-0.2, 0) is 10.0 Å². The van der Waals surface area contributed by atoms with Crippen molar-refractivity contribution in [2.24, 2.45) is 5.73 Å². The summed E-state index contributed by atoms with van der Waals surface area (Å²) in [4.78, 5) is 3.55. The van der Waals surface area contributed by atoms with Gasteiger partial charge in [0.15, 0.2) is 0 Å². The summed E-state index contributed by atoms with van der Waals surface area (Å²) in [6.45, 7) is -0.747. The van der Waals surface area contributed by atoms with Crippen LogP contribution in [0.25, 0.3) is 0 Å². The van der Waals surface area contributed by atoms with E-state index in [1.54, 1.807) is 0 Å². The largest absolute Gasteiger partial charge is 0.320 e. The van der Waals surface area contributed by atoms with Crippen molar-refractivity contribution < 1.29 is 17.2 Å². The molecule has 0 aliphatic carbocycles. The Balaban J connectivity index is 3.08. The van der Waals surface area contributed by atoms with E-state index in [-0.39, 0.29) is 11.4 Å². The Hall–Kier alpha value is -1.56. The number of sulfonamides is 1. The van der Waals surface area contributed by atoms with Gasteiger partial charge in [0.1, 0.15) is 4.90 Å². The maximum absolute atomic E-state index is 12.2. The Morgan fingerprint density at radius 1 is 1.47 bits per heavy atom. The maximum Gasteiger partial charge on any atom is 0.252 e. The highest BCUT2D eigenvalue weighted by molar-refractivity contribution is 7.89. The molecule has 5 nitrogen and oxygen atoms in total. The Kier molecular flexibility index (Phi) is 5.35. The van der Waals surface area contributed by atoms with E-state index in [1.807, 2.05) is 0 Å². The van der Waals surface area contributed by atoms with E-state index in [4.69, 9.17) is 5.73 Å². The van der Waals surface area contributed by atoms with Crippen molar-refractivity contribution in [1.29, 1.82) is 0 Å². The molecule has 1 aromatic heterocycles. The van der Waals surface area contributed by atoms with Crippen LogP contribution in [-0.4, -0.2) is 44.3 Å². The Bertz CT molecular complexity index is 593. The van der Waals surface area contributed by atoms with Gasteiger partial charge < -0.3 is 5.73 Å². The highest BCUT2D eigenvalue weighted by Gasteiger charge is 2.24. The van der Waals surface area contributed by atoms with Crippen LogP contribution in [0, 0.1) is 11.8 Å². The first kappa shape index (κ1) is 15.5. The van der Waals surface area contributed by atoms with Crippen molar-refractivity contribution >= 4 is 10.0 Å². The number of pyridine rings is 1. The lowest BCUT2D eigenvalue weighted by Crippen LogP contribution is -2.31. The highest BCUT2D eigenvalue weighted by Crippen LogP contribution is 2.15. The van der Waals surface area contributed by atoms with Gasteiger partial charge in [-0.25, -0.2) is 17.2 Å². The van der Waals surface area contributed by atoms with Crippen LogP contribution in [0.2, 0.25) is 0 Å². The first-order valence-electron chi connectivity index (χ1n) is 5.26. The molecule has 0 bridgehead atoms. The van der Waals surface area contributed by atoms with Crippen molar-refractivity contribution in [3.63, 3.8) is 0 Å². The third-order valence-electron chi connectivity index (χ3n) is 2.15. The average Bonchev–Trinajstić information content (AvgIpc) is 2.35. The van der Waals surface area contributed by atoms with Crippen LogP contribution >= 0.6 is 0 Å². The first-order valence-corrected chi connectivity index (χ1v) is 6.70. The van der Waals surface area contributed by atoms with Crippen LogP contribution in [0.3, 0.4) is 0 Å². The molecule has 104 valence electrons. The number of nitrogens with zero attached hydrogens (tertiary/aromatic N) is 2. The molecule has 8 heteroatoms. The molecule has 0 spiro atoms. The molecule has 2 N–H and O–H groups in total. The lowest BCUT2D eigenvalue weighted by Gasteiger charge is -2.16. The Labute approximate surface area is 110 Å². The molecule has 19 heavy (non-hydrogen) atoms. The molecule has 1 heterocycles. The van der Waals surface area contributed by atoms with Crippen LogP contribution < -0.4 is 5.73 Å². The normalized spacial score (nSPS) is 11.5. The summed E-state index contributed by atoms with van der Waals surface area (Å²) in [6.07, 6.45) is -0.285. The van der Waals surface area contributed by atoms with Gasteiger partial charge in [-0.3, -0.25) is 4.98 Å². The molecule has 0 fully saturated rings. The second-order valence-corrected chi connectivity index (χ2v) is 5.64. The molecule has 0 radical (unpaired) electrons. The zero-order chi connectivity index (χ0) is 14.5. The SMILES string of the molecule is CN(CC(F)F)S(=O)(=O)c1cncc(C#CCN)c1.